The van der Waals surface area contributed by atoms with Gasteiger partial charge < -0.3 is 0 Å². The molecule has 18 heavy (non-hydrogen) atoms. The van der Waals surface area contributed by atoms with E-state index in [4.69, 9.17) is 17.4 Å². The number of rotatable bonds is 1. The molecule has 0 aromatic heterocycles. The third kappa shape index (κ3) is 1.98. The average Bonchev–Trinajstić information content (AvgIpc) is 2.38. The molecule has 2 aromatic rings. The second-order valence-electron chi connectivity index (χ2n) is 4.21. The van der Waals surface area contributed by atoms with Crippen molar-refractivity contribution in [2.24, 2.45) is 10.9 Å². The lowest BCUT2D eigenvalue weighted by atomic mass is 9.96. The average molecular weight is 258 g/mol. The van der Waals surface area contributed by atoms with Gasteiger partial charge >= 0.3 is 0 Å². The number of hydrogen-bond acceptors (Lipinski definition) is 3. The molecule has 90 valence electrons. The summed E-state index contributed by atoms with van der Waals surface area (Å²) in [5.74, 6) is 5.83. The first-order chi connectivity index (χ1) is 8.74. The lowest BCUT2D eigenvalue weighted by Crippen LogP contribution is -2.31. The number of nitrogens with zero attached hydrogens (tertiary/aromatic N) is 2. The zero-order valence-corrected chi connectivity index (χ0v) is 10.4. The Morgan fingerprint density at radius 3 is 2.56 bits per heavy atom. The molecule has 1 aliphatic heterocycles. The molecule has 0 fully saturated rings. The van der Waals surface area contributed by atoms with Crippen LogP contribution in [-0.4, -0.2) is 10.8 Å². The highest BCUT2D eigenvalue weighted by molar-refractivity contribution is 6.30. The highest BCUT2D eigenvalue weighted by Crippen LogP contribution is 2.22. The van der Waals surface area contributed by atoms with Crippen LogP contribution in [0.25, 0.3) is 0 Å². The third-order valence-corrected chi connectivity index (χ3v) is 3.20. The van der Waals surface area contributed by atoms with Gasteiger partial charge in [-0.3, -0.25) is 0 Å². The van der Waals surface area contributed by atoms with Crippen LogP contribution < -0.4 is 5.84 Å². The predicted octanol–water partition coefficient (Wildman–Crippen LogP) is 2.78. The lowest BCUT2D eigenvalue weighted by Gasteiger charge is -2.23. The van der Waals surface area contributed by atoms with Crippen molar-refractivity contribution in [3.05, 3.63) is 70.2 Å². The molecule has 0 aliphatic carbocycles. The molecular formula is C14H12ClN3. The lowest BCUT2D eigenvalue weighted by molar-refractivity contribution is 0.285. The topological polar surface area (TPSA) is 41.6 Å². The third-order valence-electron chi connectivity index (χ3n) is 2.95. The molecule has 2 N–H and O–H groups in total. The molecule has 3 rings (SSSR count). The van der Waals surface area contributed by atoms with Crippen molar-refractivity contribution in [3.63, 3.8) is 0 Å². The highest BCUT2D eigenvalue weighted by atomic mass is 35.5. The minimum atomic E-state index is 0.632. The molecule has 4 heteroatoms. The molecule has 0 saturated carbocycles. The van der Waals surface area contributed by atoms with Gasteiger partial charge in [0.1, 0.15) is 0 Å². The largest absolute Gasteiger partial charge is 0.231 e. The first-order valence-electron chi connectivity index (χ1n) is 5.69. The van der Waals surface area contributed by atoms with Crippen LogP contribution in [0.4, 0.5) is 0 Å². The molecule has 3 nitrogen and oxygen atoms in total. The number of nitrogens with two attached hydrogens (primary N) is 1. The van der Waals surface area contributed by atoms with Gasteiger partial charge in [-0.25, -0.2) is 11.0 Å². The Hall–Kier alpha value is -1.84. The minimum absolute atomic E-state index is 0.632. The summed E-state index contributed by atoms with van der Waals surface area (Å²) in [5.41, 5.74) is 4.21. The van der Waals surface area contributed by atoms with E-state index in [0.29, 0.717) is 11.6 Å². The molecule has 2 aromatic carbocycles. The minimum Gasteiger partial charge on any atom is -0.231 e. The fraction of sp³-hybridized carbons (Fsp3) is 0.0714. The van der Waals surface area contributed by atoms with Crippen LogP contribution in [0.5, 0.6) is 0 Å². The van der Waals surface area contributed by atoms with Gasteiger partial charge in [-0.2, -0.15) is 5.10 Å². The first-order valence-corrected chi connectivity index (χ1v) is 6.07. The summed E-state index contributed by atoms with van der Waals surface area (Å²) < 4.78 is 0. The summed E-state index contributed by atoms with van der Waals surface area (Å²) in [4.78, 5) is 0. The molecule has 0 saturated heterocycles. The van der Waals surface area contributed by atoms with Crippen molar-refractivity contribution in [2.45, 2.75) is 6.54 Å². The summed E-state index contributed by atoms with van der Waals surface area (Å²) in [7, 11) is 0. The summed E-state index contributed by atoms with van der Waals surface area (Å²) in [6, 6.07) is 15.8. The van der Waals surface area contributed by atoms with Crippen molar-refractivity contribution in [1.29, 1.82) is 0 Å². The van der Waals surface area contributed by atoms with Gasteiger partial charge in [0.25, 0.3) is 0 Å². The van der Waals surface area contributed by atoms with Crippen LogP contribution in [0, 0.1) is 0 Å². The second kappa shape index (κ2) is 4.44. The summed E-state index contributed by atoms with van der Waals surface area (Å²) >= 11 is 5.90. The maximum Gasteiger partial charge on any atom is 0.0995 e. The van der Waals surface area contributed by atoms with Gasteiger partial charge in [-0.05, 0) is 17.7 Å². The second-order valence-corrected chi connectivity index (χ2v) is 4.65. The molecule has 0 amide bonds. The van der Waals surface area contributed by atoms with Gasteiger partial charge in [-0.15, -0.1) is 0 Å². The Morgan fingerprint density at radius 2 is 1.78 bits per heavy atom. The molecule has 1 aliphatic rings. The van der Waals surface area contributed by atoms with E-state index in [1.165, 1.54) is 10.7 Å². The van der Waals surface area contributed by atoms with E-state index in [9.17, 15) is 0 Å². The molecule has 0 spiro atoms. The number of fused-ring (bicyclic) bond motifs is 1. The number of halogens is 1. The molecule has 1 heterocycles. The standard InChI is InChI=1S/C14H12ClN3/c15-12-7-5-10(6-8-12)14-13-4-2-1-3-11(13)9-18(16)17-14/h1-8H,9,16H2. The summed E-state index contributed by atoms with van der Waals surface area (Å²) in [6.07, 6.45) is 0. The number of benzene rings is 2. The first kappa shape index (κ1) is 11.3. The van der Waals surface area contributed by atoms with Crippen LogP contribution in [0.15, 0.2) is 53.6 Å². The molecule has 0 unspecified atom stereocenters. The van der Waals surface area contributed by atoms with Crippen LogP contribution in [0.2, 0.25) is 5.02 Å². The summed E-state index contributed by atoms with van der Waals surface area (Å²) in [6.45, 7) is 0.632. The normalized spacial score (nSPS) is 14.1. The van der Waals surface area contributed by atoms with Crippen molar-refractivity contribution in [3.8, 4) is 0 Å². The van der Waals surface area contributed by atoms with Gasteiger partial charge in [0.15, 0.2) is 0 Å². The van der Waals surface area contributed by atoms with Crippen molar-refractivity contribution in [2.75, 3.05) is 0 Å². The molecular weight excluding hydrogens is 246 g/mol. The zero-order valence-electron chi connectivity index (χ0n) is 9.68. The van der Waals surface area contributed by atoms with Gasteiger partial charge in [0.2, 0.25) is 0 Å². The Balaban J connectivity index is 2.13. The monoisotopic (exact) mass is 257 g/mol. The van der Waals surface area contributed by atoms with E-state index in [0.717, 1.165) is 16.8 Å². The Kier molecular flexibility index (Phi) is 2.78. The number of hydrogen-bond donors (Lipinski definition) is 1. The van der Waals surface area contributed by atoms with Gasteiger partial charge in [0, 0.05) is 16.1 Å². The van der Waals surface area contributed by atoms with E-state index in [2.05, 4.69) is 17.2 Å². The molecule has 0 atom stereocenters. The van der Waals surface area contributed by atoms with Gasteiger partial charge in [-0.1, -0.05) is 48.0 Å². The number of hydrazone groups is 1. The SMILES string of the molecule is NN1Cc2ccccc2C(c2ccc(Cl)cc2)=N1. The van der Waals surface area contributed by atoms with E-state index >= 15 is 0 Å². The maximum atomic E-state index is 5.90. The van der Waals surface area contributed by atoms with Crippen LogP contribution in [0.1, 0.15) is 16.7 Å². The van der Waals surface area contributed by atoms with E-state index < -0.39 is 0 Å². The van der Waals surface area contributed by atoms with Crippen molar-refractivity contribution in [1.82, 2.24) is 5.12 Å². The number of hydrazine groups is 1. The Bertz CT molecular complexity index is 605. The molecule has 0 bridgehead atoms. The van der Waals surface area contributed by atoms with E-state index in [1.54, 1.807) is 0 Å². The van der Waals surface area contributed by atoms with Crippen LogP contribution >= 0.6 is 11.6 Å². The highest BCUT2D eigenvalue weighted by Gasteiger charge is 2.18. The fourth-order valence-corrected chi connectivity index (χ4v) is 2.23. The summed E-state index contributed by atoms with van der Waals surface area (Å²) in [5, 5.41) is 6.59. The quantitative estimate of drug-likeness (QED) is 0.798. The maximum absolute atomic E-state index is 5.90. The van der Waals surface area contributed by atoms with Crippen molar-refractivity contribution < 1.29 is 0 Å². The van der Waals surface area contributed by atoms with Crippen LogP contribution in [-0.2, 0) is 6.54 Å². The van der Waals surface area contributed by atoms with Gasteiger partial charge in [0.05, 0.1) is 12.3 Å². The Labute approximate surface area is 110 Å². The Morgan fingerprint density at radius 1 is 1.06 bits per heavy atom. The van der Waals surface area contributed by atoms with E-state index in [1.807, 2.05) is 36.4 Å². The molecule has 0 radical (unpaired) electrons. The van der Waals surface area contributed by atoms with Crippen molar-refractivity contribution >= 4 is 17.3 Å². The predicted molar refractivity (Wildman–Crippen MR) is 73.3 cm³/mol. The smallest absolute Gasteiger partial charge is 0.0995 e. The zero-order chi connectivity index (χ0) is 12.5. The van der Waals surface area contributed by atoms with Crippen LogP contribution in [0.3, 0.4) is 0 Å². The van der Waals surface area contributed by atoms with E-state index in [-0.39, 0.29) is 0 Å². The fourth-order valence-electron chi connectivity index (χ4n) is 2.10.